The molecule has 0 bridgehead atoms. The van der Waals surface area contributed by atoms with E-state index >= 15 is 0 Å². The number of fused-ring (bicyclic) bond motifs is 1. The lowest BCUT2D eigenvalue weighted by atomic mass is 10.1. The number of carbonyl (C=O) groups is 3. The van der Waals surface area contributed by atoms with Crippen LogP contribution in [0.25, 0.3) is 0 Å². The molecule has 2 aliphatic heterocycles. The van der Waals surface area contributed by atoms with E-state index in [4.69, 9.17) is 4.74 Å². The van der Waals surface area contributed by atoms with Gasteiger partial charge in [-0.05, 0) is 25.3 Å². The maximum atomic E-state index is 12.6. The van der Waals surface area contributed by atoms with Crippen molar-refractivity contribution < 1.29 is 19.1 Å². The zero-order chi connectivity index (χ0) is 17.1. The van der Waals surface area contributed by atoms with Crippen LogP contribution in [0.5, 0.6) is 0 Å². The summed E-state index contributed by atoms with van der Waals surface area (Å²) in [5.74, 6) is -0.0905. The maximum absolute atomic E-state index is 12.6. The van der Waals surface area contributed by atoms with Crippen molar-refractivity contribution in [2.45, 2.75) is 50.9 Å². The van der Waals surface area contributed by atoms with Crippen molar-refractivity contribution in [2.75, 3.05) is 6.54 Å². The predicted molar refractivity (Wildman–Crippen MR) is 87.1 cm³/mol. The van der Waals surface area contributed by atoms with Crippen molar-refractivity contribution in [1.82, 2.24) is 9.80 Å². The summed E-state index contributed by atoms with van der Waals surface area (Å²) in [6.45, 7) is 2.38. The smallest absolute Gasteiger partial charge is 0.410 e. The number of ether oxygens (including phenoxy) is 1. The highest BCUT2D eigenvalue weighted by Gasteiger charge is 2.46. The number of benzene rings is 1. The molecule has 3 rings (SSSR count). The van der Waals surface area contributed by atoms with E-state index in [1.165, 1.54) is 4.90 Å². The van der Waals surface area contributed by atoms with Crippen LogP contribution >= 0.6 is 0 Å². The Labute approximate surface area is 141 Å². The molecule has 1 aromatic carbocycles. The Morgan fingerprint density at radius 1 is 1.29 bits per heavy atom. The molecule has 128 valence electrons. The molecule has 1 unspecified atom stereocenters. The third-order valence-electron chi connectivity index (χ3n) is 4.91. The second-order valence-electron chi connectivity index (χ2n) is 6.40. The number of nitrogens with zero attached hydrogens (tertiary/aromatic N) is 2. The summed E-state index contributed by atoms with van der Waals surface area (Å²) in [4.78, 5) is 39.2. The molecule has 0 spiro atoms. The molecule has 0 aromatic heterocycles. The fraction of sp³-hybridized carbons (Fsp3) is 0.500. The first-order chi connectivity index (χ1) is 11.6. The number of rotatable bonds is 4. The number of hydrogen-bond acceptors (Lipinski definition) is 4. The lowest BCUT2D eigenvalue weighted by Gasteiger charge is -2.42. The lowest BCUT2D eigenvalue weighted by molar-refractivity contribution is -0.144. The van der Waals surface area contributed by atoms with Crippen molar-refractivity contribution in [1.29, 1.82) is 0 Å². The van der Waals surface area contributed by atoms with E-state index in [9.17, 15) is 14.4 Å². The number of hydrogen-bond donors (Lipinski definition) is 0. The van der Waals surface area contributed by atoms with E-state index in [1.54, 1.807) is 11.8 Å². The number of carbonyl (C=O) groups excluding carboxylic acids is 3. The van der Waals surface area contributed by atoms with Crippen molar-refractivity contribution >= 4 is 18.3 Å². The van der Waals surface area contributed by atoms with Gasteiger partial charge in [-0.1, -0.05) is 30.3 Å². The molecule has 1 aromatic rings. The van der Waals surface area contributed by atoms with Crippen LogP contribution in [-0.2, 0) is 20.9 Å². The molecular formula is C18H22N2O4. The van der Waals surface area contributed by atoms with E-state index in [-0.39, 0.29) is 24.6 Å². The van der Waals surface area contributed by atoms with Crippen LogP contribution in [0.1, 0.15) is 31.7 Å². The van der Waals surface area contributed by atoms with Gasteiger partial charge in [-0.3, -0.25) is 9.69 Å². The third-order valence-corrected chi connectivity index (χ3v) is 4.91. The van der Waals surface area contributed by atoms with Crippen molar-refractivity contribution in [3.05, 3.63) is 35.9 Å². The first kappa shape index (κ1) is 16.5. The molecule has 24 heavy (non-hydrogen) atoms. The minimum Gasteiger partial charge on any atom is -0.445 e. The standard InChI is InChI=1S/C18H22N2O4/c1-13-17(22)20-15(9-10-21)7-8-16(20)11-19(13)18(23)24-12-14-5-3-2-4-6-14/h2-6,10,13,15-16H,7-9,11-12H2,1H3/t13-,15?,16-/m0/s1. The Kier molecular flexibility index (Phi) is 4.83. The highest BCUT2D eigenvalue weighted by molar-refractivity contribution is 5.87. The summed E-state index contributed by atoms with van der Waals surface area (Å²) >= 11 is 0. The molecule has 2 fully saturated rings. The lowest BCUT2D eigenvalue weighted by Crippen LogP contribution is -2.61. The van der Waals surface area contributed by atoms with E-state index in [0.717, 1.165) is 24.7 Å². The van der Waals surface area contributed by atoms with Crippen LogP contribution in [0.2, 0.25) is 0 Å². The normalized spacial score (nSPS) is 26.2. The topological polar surface area (TPSA) is 66.9 Å². The summed E-state index contributed by atoms with van der Waals surface area (Å²) in [5, 5.41) is 0. The van der Waals surface area contributed by atoms with Crippen LogP contribution in [0.3, 0.4) is 0 Å². The van der Waals surface area contributed by atoms with Gasteiger partial charge in [-0.15, -0.1) is 0 Å². The Morgan fingerprint density at radius 2 is 2.04 bits per heavy atom. The second-order valence-corrected chi connectivity index (χ2v) is 6.40. The van der Waals surface area contributed by atoms with Crippen LogP contribution < -0.4 is 0 Å². The Morgan fingerprint density at radius 3 is 2.75 bits per heavy atom. The molecule has 3 atom stereocenters. The molecular weight excluding hydrogens is 308 g/mol. The van der Waals surface area contributed by atoms with Gasteiger partial charge in [0.25, 0.3) is 0 Å². The average Bonchev–Trinajstić information content (AvgIpc) is 3.00. The quantitative estimate of drug-likeness (QED) is 0.792. The van der Waals surface area contributed by atoms with E-state index in [0.29, 0.717) is 13.0 Å². The molecule has 2 aliphatic rings. The van der Waals surface area contributed by atoms with Gasteiger partial charge in [0.05, 0.1) is 0 Å². The minimum atomic E-state index is -0.559. The zero-order valence-corrected chi connectivity index (χ0v) is 13.8. The number of piperazine rings is 1. The monoisotopic (exact) mass is 330 g/mol. The zero-order valence-electron chi connectivity index (χ0n) is 13.8. The Balaban J connectivity index is 1.64. The Hall–Kier alpha value is -2.37. The number of amides is 2. The first-order valence-corrected chi connectivity index (χ1v) is 8.35. The molecule has 0 aliphatic carbocycles. The molecule has 6 heteroatoms. The summed E-state index contributed by atoms with van der Waals surface area (Å²) in [7, 11) is 0. The SMILES string of the molecule is C[C@H]1C(=O)N2C(CC=O)CC[C@H]2CN1C(=O)OCc1ccccc1. The van der Waals surface area contributed by atoms with Gasteiger partial charge in [-0.2, -0.15) is 0 Å². The molecule has 2 amide bonds. The third kappa shape index (κ3) is 3.13. The van der Waals surface area contributed by atoms with Crippen LogP contribution in [0.4, 0.5) is 4.79 Å². The van der Waals surface area contributed by atoms with E-state index < -0.39 is 12.1 Å². The van der Waals surface area contributed by atoms with Crippen LogP contribution in [-0.4, -0.2) is 52.8 Å². The van der Waals surface area contributed by atoms with Gasteiger partial charge in [-0.25, -0.2) is 4.79 Å². The molecule has 2 saturated heterocycles. The maximum Gasteiger partial charge on any atom is 0.410 e. The largest absolute Gasteiger partial charge is 0.445 e. The molecule has 0 radical (unpaired) electrons. The fourth-order valence-electron chi connectivity index (χ4n) is 3.61. The summed E-state index contributed by atoms with van der Waals surface area (Å²) in [6.07, 6.45) is 2.41. The minimum absolute atomic E-state index is 0.0112. The van der Waals surface area contributed by atoms with E-state index in [2.05, 4.69) is 0 Å². The van der Waals surface area contributed by atoms with Gasteiger partial charge >= 0.3 is 6.09 Å². The van der Waals surface area contributed by atoms with Crippen LogP contribution in [0.15, 0.2) is 30.3 Å². The predicted octanol–water partition coefficient (Wildman–Crippen LogP) is 1.98. The van der Waals surface area contributed by atoms with Gasteiger partial charge in [0.15, 0.2) is 0 Å². The van der Waals surface area contributed by atoms with Crippen molar-refractivity contribution in [3.63, 3.8) is 0 Å². The van der Waals surface area contributed by atoms with E-state index in [1.807, 2.05) is 30.3 Å². The average molecular weight is 330 g/mol. The van der Waals surface area contributed by atoms with Gasteiger partial charge in [0.2, 0.25) is 5.91 Å². The van der Waals surface area contributed by atoms with Gasteiger partial charge in [0, 0.05) is 25.0 Å². The summed E-state index contributed by atoms with van der Waals surface area (Å²) in [5.41, 5.74) is 0.912. The molecule has 6 nitrogen and oxygen atoms in total. The highest BCUT2D eigenvalue weighted by Crippen LogP contribution is 2.32. The first-order valence-electron chi connectivity index (χ1n) is 8.35. The molecule has 2 heterocycles. The summed E-state index contributed by atoms with van der Waals surface area (Å²) in [6, 6.07) is 8.87. The highest BCUT2D eigenvalue weighted by atomic mass is 16.6. The number of aldehydes is 1. The summed E-state index contributed by atoms with van der Waals surface area (Å²) < 4.78 is 5.37. The van der Waals surface area contributed by atoms with Gasteiger partial charge in [0.1, 0.15) is 18.9 Å². The molecule has 0 N–H and O–H groups in total. The molecule has 0 saturated carbocycles. The Bertz CT molecular complexity index is 619. The van der Waals surface area contributed by atoms with Crippen molar-refractivity contribution in [3.8, 4) is 0 Å². The van der Waals surface area contributed by atoms with Gasteiger partial charge < -0.3 is 14.4 Å². The van der Waals surface area contributed by atoms with Crippen LogP contribution in [0, 0.1) is 0 Å². The second kappa shape index (κ2) is 7.03. The fourth-order valence-corrected chi connectivity index (χ4v) is 3.61. The van der Waals surface area contributed by atoms with Crippen molar-refractivity contribution in [2.24, 2.45) is 0 Å².